The van der Waals surface area contributed by atoms with E-state index in [1.807, 2.05) is 30.3 Å². The van der Waals surface area contributed by atoms with E-state index in [1.54, 1.807) is 12.1 Å². The number of carbonyl (C=O) groups is 1. The summed E-state index contributed by atoms with van der Waals surface area (Å²) in [4.78, 5) is 11.8. The molecule has 1 atom stereocenters. The summed E-state index contributed by atoms with van der Waals surface area (Å²) in [6, 6.07) is 15.4. The molecule has 25 heavy (non-hydrogen) atoms. The second-order valence-electron chi connectivity index (χ2n) is 5.24. The summed E-state index contributed by atoms with van der Waals surface area (Å²) < 4.78 is 28.4. The molecule has 0 aliphatic heterocycles. The van der Waals surface area contributed by atoms with Crippen LogP contribution in [0, 0.1) is 0 Å². The van der Waals surface area contributed by atoms with E-state index in [4.69, 9.17) is 0 Å². The smallest absolute Gasteiger partial charge is 0.387 e. The fraction of sp³-hybridized carbons (Fsp3) is 0.278. The Morgan fingerprint density at radius 1 is 1.12 bits per heavy atom. The van der Waals surface area contributed by atoms with Crippen LogP contribution in [0.2, 0.25) is 0 Å². The summed E-state index contributed by atoms with van der Waals surface area (Å²) in [6.45, 7) is -2.55. The monoisotopic (exact) mass is 367 g/mol. The van der Waals surface area contributed by atoms with Crippen molar-refractivity contribution in [2.75, 3.05) is 11.5 Å². The number of carbonyl (C=O) groups excluding carboxylic acids is 1. The van der Waals surface area contributed by atoms with Gasteiger partial charge in [0.1, 0.15) is 5.75 Å². The molecular weight excluding hydrogens is 348 g/mol. The molecule has 0 saturated heterocycles. The molecule has 0 heterocycles. The van der Waals surface area contributed by atoms with Crippen molar-refractivity contribution in [3.05, 3.63) is 65.7 Å². The number of aliphatic hydroxyl groups excluding tert-OH is 1. The van der Waals surface area contributed by atoms with Crippen molar-refractivity contribution in [3.63, 3.8) is 0 Å². The first-order valence-electron chi connectivity index (χ1n) is 7.66. The van der Waals surface area contributed by atoms with E-state index in [2.05, 4.69) is 10.1 Å². The van der Waals surface area contributed by atoms with Crippen molar-refractivity contribution in [3.8, 4) is 5.75 Å². The van der Waals surface area contributed by atoms with Gasteiger partial charge >= 0.3 is 6.61 Å². The summed E-state index contributed by atoms with van der Waals surface area (Å²) in [5.74, 6) is 0.585. The molecule has 0 aromatic heterocycles. The first-order chi connectivity index (χ1) is 12.0. The summed E-state index contributed by atoms with van der Waals surface area (Å²) in [5, 5.41) is 12.8. The molecule has 0 fully saturated rings. The predicted molar refractivity (Wildman–Crippen MR) is 93.6 cm³/mol. The van der Waals surface area contributed by atoms with Gasteiger partial charge < -0.3 is 15.2 Å². The molecule has 134 valence electrons. The maximum absolute atomic E-state index is 12.1. The zero-order chi connectivity index (χ0) is 18.1. The van der Waals surface area contributed by atoms with Crippen LogP contribution in [0.15, 0.2) is 54.6 Å². The molecule has 2 rings (SSSR count). The topological polar surface area (TPSA) is 58.6 Å². The normalized spacial score (nSPS) is 12.0. The fourth-order valence-corrected chi connectivity index (χ4v) is 2.90. The van der Waals surface area contributed by atoms with Gasteiger partial charge in [-0.05, 0) is 23.3 Å². The van der Waals surface area contributed by atoms with E-state index in [0.717, 1.165) is 11.1 Å². The van der Waals surface area contributed by atoms with Crippen molar-refractivity contribution in [1.82, 2.24) is 5.32 Å². The van der Waals surface area contributed by atoms with Gasteiger partial charge in [-0.25, -0.2) is 0 Å². The summed E-state index contributed by atoms with van der Waals surface area (Å²) in [6.07, 6.45) is -0.610. The number of nitrogens with one attached hydrogen (secondary N) is 1. The minimum absolute atomic E-state index is 0.0792. The van der Waals surface area contributed by atoms with E-state index < -0.39 is 12.7 Å². The highest BCUT2D eigenvalue weighted by Crippen LogP contribution is 2.18. The number of amides is 1. The highest BCUT2D eigenvalue weighted by Gasteiger charge is 2.09. The lowest BCUT2D eigenvalue weighted by molar-refractivity contribution is -0.118. The minimum atomic E-state index is -2.85. The van der Waals surface area contributed by atoms with E-state index >= 15 is 0 Å². The highest BCUT2D eigenvalue weighted by atomic mass is 32.2. The van der Waals surface area contributed by atoms with Gasteiger partial charge in [-0.2, -0.15) is 8.78 Å². The van der Waals surface area contributed by atoms with Gasteiger partial charge in [0.15, 0.2) is 0 Å². The Hall–Kier alpha value is -2.12. The van der Waals surface area contributed by atoms with Crippen molar-refractivity contribution < 1.29 is 23.4 Å². The number of alkyl halides is 2. The Labute approximate surface area is 149 Å². The number of rotatable bonds is 9. The molecule has 7 heteroatoms. The Balaban J connectivity index is 1.67. The number of halogens is 2. The average Bonchev–Trinajstić information content (AvgIpc) is 2.61. The average molecular weight is 367 g/mol. The second kappa shape index (κ2) is 10.0. The molecule has 1 amide bonds. The van der Waals surface area contributed by atoms with Gasteiger partial charge in [-0.1, -0.05) is 42.5 Å². The van der Waals surface area contributed by atoms with Crippen LogP contribution in [0.25, 0.3) is 0 Å². The van der Waals surface area contributed by atoms with Crippen LogP contribution in [0.1, 0.15) is 17.2 Å². The SMILES string of the molecule is O=C(CSCC(O)c1ccccc1)NCc1ccc(OC(F)F)cc1. The second-order valence-corrected chi connectivity index (χ2v) is 6.27. The Kier molecular flexibility index (Phi) is 7.69. The first-order valence-corrected chi connectivity index (χ1v) is 8.81. The molecule has 0 saturated carbocycles. The van der Waals surface area contributed by atoms with Crippen LogP contribution in [-0.4, -0.2) is 29.1 Å². The number of ether oxygens (including phenoxy) is 1. The largest absolute Gasteiger partial charge is 0.435 e. The number of aliphatic hydroxyl groups is 1. The third kappa shape index (κ3) is 7.11. The fourth-order valence-electron chi connectivity index (χ4n) is 2.08. The molecule has 0 radical (unpaired) electrons. The molecular formula is C18H19F2NO3S. The van der Waals surface area contributed by atoms with Crippen molar-refractivity contribution in [1.29, 1.82) is 0 Å². The van der Waals surface area contributed by atoms with Gasteiger partial charge in [0.25, 0.3) is 0 Å². The maximum Gasteiger partial charge on any atom is 0.387 e. The lowest BCUT2D eigenvalue weighted by atomic mass is 10.1. The highest BCUT2D eigenvalue weighted by molar-refractivity contribution is 7.99. The molecule has 1 unspecified atom stereocenters. The van der Waals surface area contributed by atoms with Crippen LogP contribution >= 0.6 is 11.8 Å². The van der Waals surface area contributed by atoms with Crippen LogP contribution < -0.4 is 10.1 Å². The van der Waals surface area contributed by atoms with Crippen LogP contribution in [0.4, 0.5) is 8.78 Å². The van der Waals surface area contributed by atoms with Gasteiger partial charge in [0, 0.05) is 12.3 Å². The summed E-state index contributed by atoms with van der Waals surface area (Å²) in [7, 11) is 0. The Morgan fingerprint density at radius 2 is 1.80 bits per heavy atom. The molecule has 4 nitrogen and oxygen atoms in total. The number of benzene rings is 2. The zero-order valence-electron chi connectivity index (χ0n) is 13.4. The number of hydrogen-bond donors (Lipinski definition) is 2. The molecule has 0 spiro atoms. The predicted octanol–water partition coefficient (Wildman–Crippen LogP) is 3.37. The Bertz CT molecular complexity index is 653. The van der Waals surface area contributed by atoms with Gasteiger partial charge in [-0.15, -0.1) is 11.8 Å². The lowest BCUT2D eigenvalue weighted by Crippen LogP contribution is -2.25. The standard InChI is InChI=1S/C18H19F2NO3S/c19-18(20)24-15-8-6-13(7-9-15)10-21-17(23)12-25-11-16(22)14-4-2-1-3-5-14/h1-9,16,18,22H,10-12H2,(H,21,23). The molecule has 0 aliphatic carbocycles. The summed E-state index contributed by atoms with van der Waals surface area (Å²) in [5.41, 5.74) is 1.60. The van der Waals surface area contributed by atoms with Crippen molar-refractivity contribution in [2.45, 2.75) is 19.3 Å². The number of thioether (sulfide) groups is 1. The van der Waals surface area contributed by atoms with Crippen molar-refractivity contribution in [2.24, 2.45) is 0 Å². The number of hydrogen-bond acceptors (Lipinski definition) is 4. The Morgan fingerprint density at radius 3 is 2.44 bits per heavy atom. The molecule has 2 aromatic carbocycles. The van der Waals surface area contributed by atoms with Crippen LogP contribution in [0.3, 0.4) is 0 Å². The molecule has 0 aliphatic rings. The van der Waals surface area contributed by atoms with E-state index in [1.165, 1.54) is 23.9 Å². The summed E-state index contributed by atoms with van der Waals surface area (Å²) >= 11 is 1.34. The quantitative estimate of drug-likeness (QED) is 0.713. The zero-order valence-corrected chi connectivity index (χ0v) is 14.2. The van der Waals surface area contributed by atoms with E-state index in [0.29, 0.717) is 12.3 Å². The van der Waals surface area contributed by atoms with Crippen LogP contribution in [-0.2, 0) is 11.3 Å². The third-order valence-corrected chi connectivity index (χ3v) is 4.35. The van der Waals surface area contributed by atoms with Crippen LogP contribution in [0.5, 0.6) is 5.75 Å². The molecule has 0 bridgehead atoms. The van der Waals surface area contributed by atoms with Gasteiger partial charge in [-0.3, -0.25) is 4.79 Å². The lowest BCUT2D eigenvalue weighted by Gasteiger charge is -2.11. The molecule has 2 N–H and O–H groups in total. The van der Waals surface area contributed by atoms with Gasteiger partial charge in [0.2, 0.25) is 5.91 Å². The van der Waals surface area contributed by atoms with E-state index in [-0.39, 0.29) is 17.4 Å². The van der Waals surface area contributed by atoms with Crippen molar-refractivity contribution >= 4 is 17.7 Å². The van der Waals surface area contributed by atoms with Gasteiger partial charge in [0.05, 0.1) is 11.9 Å². The third-order valence-electron chi connectivity index (χ3n) is 3.33. The molecule has 2 aromatic rings. The minimum Gasteiger partial charge on any atom is -0.435 e. The van der Waals surface area contributed by atoms with E-state index in [9.17, 15) is 18.7 Å². The maximum atomic E-state index is 12.1. The first kappa shape index (κ1) is 19.2.